The number of aromatic amines is 1. The number of nitrogens with one attached hydrogen (secondary N) is 1. The van der Waals surface area contributed by atoms with Gasteiger partial charge in [0.15, 0.2) is 0 Å². The normalized spacial score (nSPS) is 10.3. The molecule has 0 saturated heterocycles. The number of aromatic nitrogens is 1. The molecule has 1 aromatic carbocycles. The number of benzene rings is 1. The highest BCUT2D eigenvalue weighted by Gasteiger charge is 1.95. The molecule has 1 aromatic heterocycles. The Hall–Kier alpha value is -1.48. The number of H-pyrrole nitrogens is 1. The summed E-state index contributed by atoms with van der Waals surface area (Å²) in [6.45, 7) is 0. The van der Waals surface area contributed by atoms with Crippen LogP contribution < -0.4 is 10.7 Å². The standard InChI is InChI=1S/C8H8N2O/c9-11-7-1-2-8-6(5-7)3-4-10-8/h1-5,10H,9H2. The summed E-state index contributed by atoms with van der Waals surface area (Å²) in [5.74, 6) is 5.68. The van der Waals surface area contributed by atoms with Crippen LogP contribution >= 0.6 is 0 Å². The van der Waals surface area contributed by atoms with Gasteiger partial charge in [0, 0.05) is 17.1 Å². The fraction of sp³-hybridized carbons (Fsp3) is 0. The van der Waals surface area contributed by atoms with Gasteiger partial charge in [-0.15, -0.1) is 0 Å². The molecular formula is C8H8N2O. The lowest BCUT2D eigenvalue weighted by atomic mass is 10.2. The Balaban J connectivity index is 2.67. The van der Waals surface area contributed by atoms with Crippen molar-refractivity contribution in [2.75, 3.05) is 0 Å². The Labute approximate surface area is 63.7 Å². The molecule has 0 spiro atoms. The number of hydrogen-bond donors (Lipinski definition) is 2. The van der Waals surface area contributed by atoms with Crippen LogP contribution in [-0.4, -0.2) is 4.98 Å². The van der Waals surface area contributed by atoms with E-state index in [0.717, 1.165) is 10.9 Å². The number of hydrogen-bond acceptors (Lipinski definition) is 2. The van der Waals surface area contributed by atoms with E-state index in [4.69, 9.17) is 5.90 Å². The van der Waals surface area contributed by atoms with Gasteiger partial charge in [0.2, 0.25) is 0 Å². The molecule has 0 aliphatic carbocycles. The second kappa shape index (κ2) is 2.29. The van der Waals surface area contributed by atoms with Crippen molar-refractivity contribution in [3.05, 3.63) is 30.5 Å². The van der Waals surface area contributed by atoms with Gasteiger partial charge in [-0.25, -0.2) is 0 Å². The molecule has 0 atom stereocenters. The number of nitrogens with two attached hydrogens (primary N) is 1. The van der Waals surface area contributed by atoms with Gasteiger partial charge in [-0.3, -0.25) is 0 Å². The molecule has 0 saturated carbocycles. The van der Waals surface area contributed by atoms with Crippen molar-refractivity contribution in [1.29, 1.82) is 0 Å². The summed E-state index contributed by atoms with van der Waals surface area (Å²) < 4.78 is 0. The largest absolute Gasteiger partial charge is 0.412 e. The minimum absolute atomic E-state index is 0.678. The lowest BCUT2D eigenvalue weighted by Crippen LogP contribution is -2.00. The van der Waals surface area contributed by atoms with Gasteiger partial charge >= 0.3 is 0 Å². The van der Waals surface area contributed by atoms with Gasteiger partial charge in [0.1, 0.15) is 5.75 Å². The Morgan fingerprint density at radius 3 is 3.00 bits per heavy atom. The first-order valence-electron chi connectivity index (χ1n) is 3.34. The van der Waals surface area contributed by atoms with Crippen LogP contribution in [-0.2, 0) is 0 Å². The second-order valence-corrected chi connectivity index (χ2v) is 2.34. The Bertz CT molecular complexity index is 367. The van der Waals surface area contributed by atoms with Gasteiger partial charge in [-0.1, -0.05) is 0 Å². The zero-order valence-corrected chi connectivity index (χ0v) is 5.87. The Morgan fingerprint density at radius 2 is 2.18 bits per heavy atom. The van der Waals surface area contributed by atoms with Crippen LogP contribution in [0.3, 0.4) is 0 Å². The van der Waals surface area contributed by atoms with Crippen molar-refractivity contribution >= 4 is 10.9 Å². The van der Waals surface area contributed by atoms with Crippen LogP contribution in [0.25, 0.3) is 10.9 Å². The lowest BCUT2D eigenvalue weighted by Gasteiger charge is -1.96. The first-order valence-corrected chi connectivity index (χ1v) is 3.34. The third kappa shape index (κ3) is 0.951. The fourth-order valence-corrected chi connectivity index (χ4v) is 1.10. The maximum Gasteiger partial charge on any atom is 0.147 e. The highest BCUT2D eigenvalue weighted by Crippen LogP contribution is 2.18. The molecule has 2 aromatic rings. The molecule has 0 aliphatic rings. The summed E-state index contributed by atoms with van der Waals surface area (Å²) in [5, 5.41) is 1.10. The molecule has 56 valence electrons. The molecule has 1 heterocycles. The second-order valence-electron chi connectivity index (χ2n) is 2.34. The van der Waals surface area contributed by atoms with Crippen LogP contribution in [0.15, 0.2) is 30.5 Å². The van der Waals surface area contributed by atoms with Crippen LogP contribution in [0.1, 0.15) is 0 Å². The van der Waals surface area contributed by atoms with Gasteiger partial charge in [0.05, 0.1) is 0 Å². The SMILES string of the molecule is NOc1ccc2[nH]ccc2c1. The van der Waals surface area contributed by atoms with Crippen LogP contribution in [0.2, 0.25) is 0 Å². The summed E-state index contributed by atoms with van der Waals surface area (Å²) >= 11 is 0. The van der Waals surface area contributed by atoms with E-state index in [2.05, 4.69) is 9.82 Å². The zero-order chi connectivity index (χ0) is 7.68. The maximum absolute atomic E-state index is 5.00. The quantitative estimate of drug-likeness (QED) is 0.601. The van der Waals surface area contributed by atoms with Gasteiger partial charge in [-0.05, 0) is 24.3 Å². The topological polar surface area (TPSA) is 51.0 Å². The third-order valence-corrected chi connectivity index (χ3v) is 1.66. The number of rotatable bonds is 1. The number of fused-ring (bicyclic) bond motifs is 1. The molecule has 0 radical (unpaired) electrons. The first kappa shape index (κ1) is 6.24. The molecular weight excluding hydrogens is 140 g/mol. The molecule has 0 unspecified atom stereocenters. The van der Waals surface area contributed by atoms with Crippen LogP contribution in [0, 0.1) is 0 Å². The minimum atomic E-state index is 0.678. The molecule has 3 heteroatoms. The molecule has 11 heavy (non-hydrogen) atoms. The smallest absolute Gasteiger partial charge is 0.147 e. The van der Waals surface area contributed by atoms with Gasteiger partial charge < -0.3 is 9.82 Å². The fourth-order valence-electron chi connectivity index (χ4n) is 1.10. The summed E-state index contributed by atoms with van der Waals surface area (Å²) in [6.07, 6.45) is 1.88. The van der Waals surface area contributed by atoms with Crippen molar-refractivity contribution in [2.24, 2.45) is 5.90 Å². The average Bonchev–Trinajstić information content (AvgIpc) is 2.50. The molecule has 3 N–H and O–H groups in total. The monoisotopic (exact) mass is 148 g/mol. The zero-order valence-electron chi connectivity index (χ0n) is 5.87. The van der Waals surface area contributed by atoms with E-state index in [0.29, 0.717) is 5.75 Å². The van der Waals surface area contributed by atoms with Gasteiger partial charge in [0.25, 0.3) is 0 Å². The minimum Gasteiger partial charge on any atom is -0.412 e. The van der Waals surface area contributed by atoms with Crippen molar-refractivity contribution in [2.45, 2.75) is 0 Å². The molecule has 0 bridgehead atoms. The van der Waals surface area contributed by atoms with E-state index in [-0.39, 0.29) is 0 Å². The average molecular weight is 148 g/mol. The van der Waals surface area contributed by atoms with E-state index in [1.54, 1.807) is 0 Å². The Morgan fingerprint density at radius 1 is 1.27 bits per heavy atom. The van der Waals surface area contributed by atoms with E-state index in [9.17, 15) is 0 Å². The molecule has 2 rings (SSSR count). The Kier molecular flexibility index (Phi) is 1.30. The van der Waals surface area contributed by atoms with Crippen LogP contribution in [0.5, 0.6) is 5.75 Å². The molecule has 3 nitrogen and oxygen atoms in total. The van der Waals surface area contributed by atoms with Crippen molar-refractivity contribution in [3.63, 3.8) is 0 Å². The highest BCUT2D eigenvalue weighted by atomic mass is 16.6. The summed E-state index contributed by atoms with van der Waals surface area (Å²) in [7, 11) is 0. The molecule has 0 aliphatic heterocycles. The molecule has 0 amide bonds. The highest BCUT2D eigenvalue weighted by molar-refractivity contribution is 5.80. The molecule has 0 fully saturated rings. The summed E-state index contributed by atoms with van der Waals surface area (Å²) in [6, 6.07) is 7.60. The summed E-state index contributed by atoms with van der Waals surface area (Å²) in [4.78, 5) is 7.65. The predicted molar refractivity (Wildman–Crippen MR) is 43.1 cm³/mol. The predicted octanol–water partition coefficient (Wildman–Crippen LogP) is 1.42. The summed E-state index contributed by atoms with van der Waals surface area (Å²) in [5.41, 5.74) is 1.09. The van der Waals surface area contributed by atoms with Crippen molar-refractivity contribution in [1.82, 2.24) is 4.98 Å². The van der Waals surface area contributed by atoms with Crippen molar-refractivity contribution < 1.29 is 4.84 Å². The van der Waals surface area contributed by atoms with E-state index in [1.165, 1.54) is 0 Å². The first-order chi connectivity index (χ1) is 5.40. The van der Waals surface area contributed by atoms with Crippen LogP contribution in [0.4, 0.5) is 0 Å². The van der Waals surface area contributed by atoms with E-state index >= 15 is 0 Å². The maximum atomic E-state index is 5.00. The van der Waals surface area contributed by atoms with Gasteiger partial charge in [-0.2, -0.15) is 5.90 Å². The van der Waals surface area contributed by atoms with Crippen molar-refractivity contribution in [3.8, 4) is 5.75 Å². The lowest BCUT2D eigenvalue weighted by molar-refractivity contribution is 0.335. The van der Waals surface area contributed by atoms with E-state index in [1.807, 2.05) is 30.5 Å². The third-order valence-electron chi connectivity index (χ3n) is 1.66. The van der Waals surface area contributed by atoms with E-state index < -0.39 is 0 Å².